The lowest BCUT2D eigenvalue weighted by molar-refractivity contribution is 0.0118. The van der Waals surface area contributed by atoms with Crippen molar-refractivity contribution in [3.63, 3.8) is 0 Å². The quantitative estimate of drug-likeness (QED) is 0.560. The van der Waals surface area contributed by atoms with E-state index in [-0.39, 0.29) is 11.9 Å². The maximum atomic E-state index is 12.6. The molecular weight excluding hydrogens is 408 g/mol. The molecule has 134 valence electrons. The van der Waals surface area contributed by atoms with Gasteiger partial charge in [0.25, 0.3) is 5.91 Å². The first-order valence-corrected chi connectivity index (χ1v) is 9.90. The minimum Gasteiger partial charge on any atom is -0.468 e. The molecule has 0 unspecified atom stereocenters. The van der Waals surface area contributed by atoms with Crippen molar-refractivity contribution >= 4 is 33.6 Å². The summed E-state index contributed by atoms with van der Waals surface area (Å²) in [6.45, 7) is 3.39. The van der Waals surface area contributed by atoms with Crippen LogP contribution >= 0.6 is 27.7 Å². The van der Waals surface area contributed by atoms with Crippen LogP contribution in [0, 0.1) is 0 Å². The van der Waals surface area contributed by atoms with Gasteiger partial charge in [-0.15, -0.1) is 0 Å². The summed E-state index contributed by atoms with van der Waals surface area (Å²) >= 11 is 4.74. The van der Waals surface area contributed by atoms with E-state index in [4.69, 9.17) is 9.15 Å². The van der Waals surface area contributed by atoms with Crippen LogP contribution in [-0.4, -0.2) is 59.9 Å². The second-order valence-electron chi connectivity index (χ2n) is 5.44. The summed E-state index contributed by atoms with van der Waals surface area (Å²) in [5.74, 6) is 0.586. The molecule has 3 rings (SSSR count). The Kier molecular flexibility index (Phi) is 6.46. The zero-order chi connectivity index (χ0) is 17.6. The highest BCUT2D eigenvalue weighted by Crippen LogP contribution is 2.22. The number of nitrogens with one attached hydrogen (secondary N) is 1. The molecule has 9 heteroatoms. The average molecular weight is 427 g/mol. The molecule has 1 saturated heterocycles. The van der Waals surface area contributed by atoms with Gasteiger partial charge in [-0.1, -0.05) is 11.8 Å². The van der Waals surface area contributed by atoms with Gasteiger partial charge in [-0.3, -0.25) is 9.69 Å². The molecule has 0 radical (unpaired) electrons. The summed E-state index contributed by atoms with van der Waals surface area (Å²) < 4.78 is 11.6. The molecule has 0 spiro atoms. The van der Waals surface area contributed by atoms with Crippen molar-refractivity contribution in [2.24, 2.45) is 0 Å². The Balaban J connectivity index is 1.71. The van der Waals surface area contributed by atoms with Crippen molar-refractivity contribution < 1.29 is 13.9 Å². The number of rotatable bonds is 6. The molecule has 25 heavy (non-hydrogen) atoms. The van der Waals surface area contributed by atoms with Crippen LogP contribution in [0.25, 0.3) is 0 Å². The summed E-state index contributed by atoms with van der Waals surface area (Å²) in [5, 5.41) is 3.53. The van der Waals surface area contributed by atoms with E-state index in [1.807, 2.05) is 18.4 Å². The molecule has 0 saturated carbocycles. The van der Waals surface area contributed by atoms with Gasteiger partial charge in [0.1, 0.15) is 11.5 Å². The summed E-state index contributed by atoms with van der Waals surface area (Å²) in [6, 6.07) is 3.75. The third-order valence-corrected chi connectivity index (χ3v) is 5.08. The first-order chi connectivity index (χ1) is 12.2. The number of carbonyl (C=O) groups excluding carboxylic acids is 1. The van der Waals surface area contributed by atoms with E-state index < -0.39 is 0 Å². The first kappa shape index (κ1) is 18.4. The zero-order valence-electron chi connectivity index (χ0n) is 13.8. The molecule has 1 N–H and O–H groups in total. The SMILES string of the molecule is CSc1ncc(Br)c(C(=O)NC[C@@H](c2ccco2)N2CCOCC2)n1. The highest BCUT2D eigenvalue weighted by Gasteiger charge is 2.26. The Morgan fingerprint density at radius 2 is 2.28 bits per heavy atom. The van der Waals surface area contributed by atoms with Gasteiger partial charge < -0.3 is 14.5 Å². The molecule has 1 fully saturated rings. The number of carbonyl (C=O) groups is 1. The van der Waals surface area contributed by atoms with Gasteiger partial charge in [0.15, 0.2) is 5.16 Å². The lowest BCUT2D eigenvalue weighted by atomic mass is 10.1. The average Bonchev–Trinajstić information content (AvgIpc) is 3.17. The first-order valence-electron chi connectivity index (χ1n) is 7.89. The van der Waals surface area contributed by atoms with Gasteiger partial charge in [0, 0.05) is 25.8 Å². The highest BCUT2D eigenvalue weighted by molar-refractivity contribution is 9.10. The fraction of sp³-hybridized carbons (Fsp3) is 0.438. The van der Waals surface area contributed by atoms with Crippen molar-refractivity contribution in [3.8, 4) is 0 Å². The second-order valence-corrected chi connectivity index (χ2v) is 7.07. The Labute approximate surface area is 158 Å². The number of hydrogen-bond acceptors (Lipinski definition) is 7. The predicted molar refractivity (Wildman–Crippen MR) is 97.7 cm³/mol. The van der Waals surface area contributed by atoms with Crippen LogP contribution in [0.5, 0.6) is 0 Å². The number of hydrogen-bond donors (Lipinski definition) is 1. The Bertz CT molecular complexity index is 707. The van der Waals surface area contributed by atoms with E-state index in [9.17, 15) is 4.79 Å². The molecule has 1 aliphatic rings. The highest BCUT2D eigenvalue weighted by atomic mass is 79.9. The van der Waals surface area contributed by atoms with Crippen LogP contribution < -0.4 is 5.32 Å². The lowest BCUT2D eigenvalue weighted by Crippen LogP contribution is -2.43. The fourth-order valence-electron chi connectivity index (χ4n) is 2.66. The van der Waals surface area contributed by atoms with Crippen LogP contribution in [0.1, 0.15) is 22.3 Å². The van der Waals surface area contributed by atoms with Crippen molar-refractivity contribution in [2.75, 3.05) is 39.1 Å². The van der Waals surface area contributed by atoms with Gasteiger partial charge in [0.05, 0.1) is 30.0 Å². The van der Waals surface area contributed by atoms with E-state index >= 15 is 0 Å². The molecule has 1 amide bonds. The third kappa shape index (κ3) is 4.60. The topological polar surface area (TPSA) is 80.5 Å². The van der Waals surface area contributed by atoms with E-state index in [2.05, 4.69) is 36.1 Å². The molecule has 0 aliphatic carbocycles. The van der Waals surface area contributed by atoms with Crippen LogP contribution in [0.2, 0.25) is 0 Å². The molecule has 2 aromatic rings. The molecule has 2 aromatic heterocycles. The molecule has 3 heterocycles. The maximum absolute atomic E-state index is 12.6. The molecular formula is C16H19BrN4O3S. The van der Waals surface area contributed by atoms with Crippen molar-refractivity contribution in [3.05, 3.63) is 40.5 Å². The largest absolute Gasteiger partial charge is 0.468 e. The number of amides is 1. The fourth-order valence-corrected chi connectivity index (χ4v) is 3.37. The normalized spacial score (nSPS) is 16.6. The number of nitrogens with zero attached hydrogens (tertiary/aromatic N) is 3. The maximum Gasteiger partial charge on any atom is 0.271 e. The van der Waals surface area contributed by atoms with Gasteiger partial charge in [-0.05, 0) is 34.3 Å². The van der Waals surface area contributed by atoms with Gasteiger partial charge in [-0.2, -0.15) is 0 Å². The number of ether oxygens (including phenoxy) is 1. The van der Waals surface area contributed by atoms with Crippen LogP contribution in [-0.2, 0) is 4.74 Å². The summed E-state index contributed by atoms with van der Waals surface area (Å²) in [7, 11) is 0. The number of aromatic nitrogens is 2. The lowest BCUT2D eigenvalue weighted by Gasteiger charge is -2.33. The van der Waals surface area contributed by atoms with E-state index in [1.54, 1.807) is 12.5 Å². The molecule has 0 aromatic carbocycles. The number of furan rings is 1. The van der Waals surface area contributed by atoms with Crippen molar-refractivity contribution in [2.45, 2.75) is 11.2 Å². The summed E-state index contributed by atoms with van der Waals surface area (Å²) in [4.78, 5) is 23.2. The summed E-state index contributed by atoms with van der Waals surface area (Å²) in [5.41, 5.74) is 0.333. The number of halogens is 1. The Hall–Kier alpha value is -1.42. The molecule has 0 bridgehead atoms. The van der Waals surface area contributed by atoms with Crippen LogP contribution in [0.4, 0.5) is 0 Å². The summed E-state index contributed by atoms with van der Waals surface area (Å²) in [6.07, 6.45) is 5.12. The third-order valence-electron chi connectivity index (χ3n) is 3.93. The minimum absolute atomic E-state index is 0.0384. The van der Waals surface area contributed by atoms with Crippen LogP contribution in [0.15, 0.2) is 38.6 Å². The second kappa shape index (κ2) is 8.79. The monoisotopic (exact) mass is 426 g/mol. The number of morpholine rings is 1. The minimum atomic E-state index is -0.241. The number of thioether (sulfide) groups is 1. The Morgan fingerprint density at radius 1 is 1.48 bits per heavy atom. The van der Waals surface area contributed by atoms with Gasteiger partial charge in [-0.25, -0.2) is 9.97 Å². The van der Waals surface area contributed by atoms with E-state index in [0.717, 1.165) is 18.8 Å². The molecule has 1 atom stereocenters. The van der Waals surface area contributed by atoms with E-state index in [1.165, 1.54) is 11.8 Å². The Morgan fingerprint density at radius 3 is 2.96 bits per heavy atom. The predicted octanol–water partition coefficient (Wildman–Crippen LogP) is 2.36. The molecule has 1 aliphatic heterocycles. The van der Waals surface area contributed by atoms with Crippen molar-refractivity contribution in [1.29, 1.82) is 0 Å². The van der Waals surface area contributed by atoms with E-state index in [0.29, 0.717) is 35.1 Å². The zero-order valence-corrected chi connectivity index (χ0v) is 16.2. The standard InChI is InChI=1S/C16H19BrN4O3S/c1-25-16-19-9-11(17)14(20-16)15(22)18-10-12(13-3-2-6-24-13)21-4-7-23-8-5-21/h2-3,6,9,12H,4-5,7-8,10H2,1H3,(H,18,22)/t12-/m0/s1. The van der Waals surface area contributed by atoms with Gasteiger partial charge >= 0.3 is 0 Å². The van der Waals surface area contributed by atoms with Crippen molar-refractivity contribution in [1.82, 2.24) is 20.2 Å². The smallest absolute Gasteiger partial charge is 0.271 e. The van der Waals surface area contributed by atoms with Crippen LogP contribution in [0.3, 0.4) is 0 Å². The molecule has 7 nitrogen and oxygen atoms in total. The van der Waals surface area contributed by atoms with Gasteiger partial charge in [0.2, 0.25) is 0 Å².